The quantitative estimate of drug-likeness (QED) is 0.227. The predicted octanol–water partition coefficient (Wildman–Crippen LogP) is 4.09. The fraction of sp³-hybridized carbons (Fsp3) is 0.240. The third kappa shape index (κ3) is 7.17. The zero-order valence-electron chi connectivity index (χ0n) is 20.3. The Labute approximate surface area is 211 Å². The molecule has 2 aromatic rings. The number of alkyl halides is 3. The number of carbonyl (C=O) groups is 3. The number of nitriles is 1. The van der Waals surface area contributed by atoms with Gasteiger partial charge >= 0.3 is 18.1 Å². The molecule has 0 aliphatic rings. The van der Waals surface area contributed by atoms with E-state index in [2.05, 4.69) is 11.6 Å². The van der Waals surface area contributed by atoms with E-state index in [1.54, 1.807) is 12.1 Å². The van der Waals surface area contributed by atoms with Gasteiger partial charge in [-0.05, 0) is 50.3 Å². The Morgan fingerprint density at radius 1 is 1.24 bits per heavy atom. The molecule has 0 spiro atoms. The molecule has 0 N–H and O–H groups in total. The van der Waals surface area contributed by atoms with Gasteiger partial charge < -0.3 is 4.74 Å². The number of esters is 1. The number of aromatic nitrogens is 2. The summed E-state index contributed by atoms with van der Waals surface area (Å²) in [6.45, 7) is 5.99. The van der Waals surface area contributed by atoms with Crippen molar-refractivity contribution in [3.63, 3.8) is 0 Å². The molecule has 194 valence electrons. The molecule has 1 aromatic heterocycles. The number of benzene rings is 1. The number of imidazole rings is 1. The van der Waals surface area contributed by atoms with Gasteiger partial charge in [0.25, 0.3) is 5.91 Å². The number of hydrogen-bond acceptors (Lipinski definition) is 6. The third-order valence-corrected chi connectivity index (χ3v) is 4.81. The smallest absolute Gasteiger partial charge is 0.415 e. The van der Waals surface area contributed by atoms with Gasteiger partial charge in [-0.3, -0.25) is 19.0 Å². The molecule has 37 heavy (non-hydrogen) atoms. The first kappa shape index (κ1) is 28.6. The molecule has 0 radical (unpaired) electrons. The summed E-state index contributed by atoms with van der Waals surface area (Å²) in [6, 6.07) is 8.16. The van der Waals surface area contributed by atoms with Gasteiger partial charge in [-0.2, -0.15) is 18.4 Å². The molecule has 2 amide bonds. The first-order valence-electron chi connectivity index (χ1n) is 10.9. The minimum Gasteiger partial charge on any atom is -0.466 e. The van der Waals surface area contributed by atoms with E-state index in [4.69, 9.17) is 10.00 Å². The molecule has 0 aliphatic heterocycles. The average Bonchev–Trinajstić information content (AvgIpc) is 3.33. The zero-order valence-corrected chi connectivity index (χ0v) is 20.3. The minimum atomic E-state index is -4.81. The van der Waals surface area contributed by atoms with Gasteiger partial charge in [-0.15, -0.1) is 0 Å². The minimum absolute atomic E-state index is 0.0225. The van der Waals surface area contributed by atoms with Crippen molar-refractivity contribution in [1.29, 1.82) is 5.26 Å². The van der Waals surface area contributed by atoms with Crippen molar-refractivity contribution in [2.24, 2.45) is 0 Å². The van der Waals surface area contributed by atoms with Crippen molar-refractivity contribution in [3.05, 3.63) is 84.1 Å². The number of hydrogen-bond donors (Lipinski definition) is 0. The fourth-order valence-corrected chi connectivity index (χ4v) is 3.11. The molecule has 9 nitrogen and oxygen atoms in total. The SMILES string of the molecule is C=C(/C=C(\C=C/C)N(C(=O)CC(=O)OCC)N(C)C(=O)c1nccn1-c1ccc(C#N)cc1)C(F)(F)F. The van der Waals surface area contributed by atoms with E-state index in [1.165, 1.54) is 49.0 Å². The Morgan fingerprint density at radius 3 is 2.43 bits per heavy atom. The topological polar surface area (TPSA) is 109 Å². The Bertz CT molecular complexity index is 1270. The summed E-state index contributed by atoms with van der Waals surface area (Å²) < 4.78 is 45.9. The summed E-state index contributed by atoms with van der Waals surface area (Å²) in [5.74, 6) is -3.01. The van der Waals surface area contributed by atoms with Gasteiger partial charge in [0.1, 0.15) is 6.42 Å². The molecule has 0 unspecified atom stereocenters. The van der Waals surface area contributed by atoms with Crippen LogP contribution in [0, 0.1) is 11.3 Å². The van der Waals surface area contributed by atoms with Crippen molar-refractivity contribution >= 4 is 17.8 Å². The molecule has 0 fully saturated rings. The van der Waals surface area contributed by atoms with Crippen molar-refractivity contribution in [1.82, 2.24) is 19.6 Å². The van der Waals surface area contributed by atoms with Gasteiger partial charge in [-0.25, -0.2) is 15.0 Å². The summed E-state index contributed by atoms with van der Waals surface area (Å²) in [6.07, 6.45) is 0.229. The monoisotopic (exact) mass is 515 g/mol. The molecular formula is C25H24F3N5O4. The van der Waals surface area contributed by atoms with Crippen molar-refractivity contribution in [2.45, 2.75) is 26.4 Å². The molecule has 2 rings (SSSR count). The molecule has 0 atom stereocenters. The van der Waals surface area contributed by atoms with E-state index in [-0.39, 0.29) is 18.1 Å². The lowest BCUT2D eigenvalue weighted by atomic mass is 10.2. The molecule has 1 heterocycles. The maximum Gasteiger partial charge on any atom is 0.415 e. The Kier molecular flexibility index (Phi) is 9.54. The maximum atomic E-state index is 13.5. The summed E-state index contributed by atoms with van der Waals surface area (Å²) in [7, 11) is 1.15. The van der Waals surface area contributed by atoms with E-state index in [0.29, 0.717) is 22.3 Å². The molecule has 0 saturated heterocycles. The highest BCUT2D eigenvalue weighted by Gasteiger charge is 2.34. The van der Waals surface area contributed by atoms with Crippen LogP contribution in [0.3, 0.4) is 0 Å². The summed E-state index contributed by atoms with van der Waals surface area (Å²) in [4.78, 5) is 42.6. The van der Waals surface area contributed by atoms with E-state index in [9.17, 15) is 27.6 Å². The second-order valence-electron chi connectivity index (χ2n) is 7.39. The number of nitrogens with zero attached hydrogens (tertiary/aromatic N) is 5. The number of ether oxygens (including phenoxy) is 1. The zero-order chi connectivity index (χ0) is 27.8. The second kappa shape index (κ2) is 12.3. The standard InChI is InChI=1S/C25H24F3N5O4/c1-5-7-20(14-17(3)25(26,27)28)33(21(34)15-22(35)37-6-2)31(4)24(36)23-30-12-13-32(23)19-10-8-18(16-29)9-11-19/h5,7-14H,3,6,15H2,1-2,4H3/b7-5-,20-14+. The van der Waals surface area contributed by atoms with Crippen LogP contribution < -0.4 is 0 Å². The predicted molar refractivity (Wildman–Crippen MR) is 127 cm³/mol. The normalized spacial score (nSPS) is 11.6. The van der Waals surface area contributed by atoms with Crippen LogP contribution in [0.5, 0.6) is 0 Å². The molecule has 12 heteroatoms. The number of hydrazine groups is 1. The molecule has 0 bridgehead atoms. The van der Waals surface area contributed by atoms with E-state index >= 15 is 0 Å². The molecule has 1 aromatic carbocycles. The number of allylic oxidation sites excluding steroid dienone is 4. The summed E-state index contributed by atoms with van der Waals surface area (Å²) in [5.41, 5.74) is -0.802. The van der Waals surface area contributed by atoms with Crippen molar-refractivity contribution in [3.8, 4) is 11.8 Å². The molecule has 0 aliphatic carbocycles. The lowest BCUT2D eigenvalue weighted by Gasteiger charge is -2.32. The van der Waals surface area contributed by atoms with Gasteiger partial charge in [0, 0.05) is 25.1 Å². The highest BCUT2D eigenvalue weighted by molar-refractivity contribution is 5.98. The van der Waals surface area contributed by atoms with Gasteiger partial charge in [0.2, 0.25) is 5.82 Å². The van der Waals surface area contributed by atoms with Crippen molar-refractivity contribution < 1.29 is 32.3 Å². The van der Waals surface area contributed by atoms with Crippen LogP contribution in [0.15, 0.2) is 72.7 Å². The van der Waals surface area contributed by atoms with Crippen molar-refractivity contribution in [2.75, 3.05) is 13.7 Å². The average molecular weight is 515 g/mol. The number of carbonyl (C=O) groups excluding carboxylic acids is 3. The van der Waals surface area contributed by atoms with Crippen LogP contribution in [-0.4, -0.2) is 57.2 Å². The number of amides is 2. The Hall–Kier alpha value is -4.66. The Balaban J connectivity index is 2.56. The highest BCUT2D eigenvalue weighted by Crippen LogP contribution is 2.27. The van der Waals surface area contributed by atoms with E-state index in [1.807, 2.05) is 6.07 Å². The van der Waals surface area contributed by atoms with E-state index < -0.39 is 36.0 Å². The lowest BCUT2D eigenvalue weighted by molar-refractivity contribution is -0.151. The van der Waals surface area contributed by atoms with Crippen LogP contribution in [0.2, 0.25) is 0 Å². The second-order valence-corrected chi connectivity index (χ2v) is 7.39. The fourth-order valence-electron chi connectivity index (χ4n) is 3.11. The summed E-state index contributed by atoms with van der Waals surface area (Å²) in [5, 5.41) is 10.4. The highest BCUT2D eigenvalue weighted by atomic mass is 19.4. The van der Waals surface area contributed by atoms with Crippen LogP contribution in [-0.2, 0) is 14.3 Å². The lowest BCUT2D eigenvalue weighted by Crippen LogP contribution is -2.48. The number of halogens is 3. The van der Waals surface area contributed by atoms with Crippen LogP contribution >= 0.6 is 0 Å². The first-order chi connectivity index (χ1) is 17.4. The van der Waals surface area contributed by atoms with Gasteiger partial charge in [0.05, 0.1) is 29.5 Å². The van der Waals surface area contributed by atoms with Crippen LogP contribution in [0.4, 0.5) is 13.2 Å². The van der Waals surface area contributed by atoms with Gasteiger partial charge in [-0.1, -0.05) is 12.7 Å². The van der Waals surface area contributed by atoms with E-state index in [0.717, 1.165) is 18.1 Å². The summed E-state index contributed by atoms with van der Waals surface area (Å²) >= 11 is 0. The molecular weight excluding hydrogens is 491 g/mol. The first-order valence-corrected chi connectivity index (χ1v) is 10.9. The third-order valence-electron chi connectivity index (χ3n) is 4.81. The maximum absolute atomic E-state index is 13.5. The number of rotatable bonds is 8. The van der Waals surface area contributed by atoms with Gasteiger partial charge in [0.15, 0.2) is 0 Å². The van der Waals surface area contributed by atoms with Crippen LogP contribution in [0.25, 0.3) is 5.69 Å². The van der Waals surface area contributed by atoms with Crippen LogP contribution in [0.1, 0.15) is 36.5 Å². The molecule has 0 saturated carbocycles. The Morgan fingerprint density at radius 2 is 1.89 bits per heavy atom. The largest absolute Gasteiger partial charge is 0.466 e.